The molecule has 176 valence electrons. The van der Waals surface area contributed by atoms with Crippen molar-refractivity contribution in [3.8, 4) is 0 Å². The second-order valence-corrected chi connectivity index (χ2v) is 7.59. The van der Waals surface area contributed by atoms with Gasteiger partial charge in [0.15, 0.2) is 0 Å². The number of amides is 2. The third-order valence-corrected chi connectivity index (χ3v) is 4.83. The Morgan fingerprint density at radius 3 is 2.19 bits per heavy atom. The number of aromatic nitrogens is 1. The van der Waals surface area contributed by atoms with E-state index in [0.29, 0.717) is 25.1 Å². The Balaban J connectivity index is 1.90. The van der Waals surface area contributed by atoms with Crippen LogP contribution in [0.5, 0.6) is 0 Å². The van der Waals surface area contributed by atoms with Crippen LogP contribution in [0.2, 0.25) is 0 Å². The van der Waals surface area contributed by atoms with Crippen LogP contribution in [0.25, 0.3) is 0 Å². The molecule has 0 aliphatic carbocycles. The first-order valence-corrected chi connectivity index (χ1v) is 11.5. The number of hydrogen-bond acceptors (Lipinski definition) is 7. The van der Waals surface area contributed by atoms with Gasteiger partial charge in [-0.2, -0.15) is 0 Å². The molecule has 0 aromatic carbocycles. The van der Waals surface area contributed by atoms with E-state index in [0.717, 1.165) is 71.2 Å². The van der Waals surface area contributed by atoms with Gasteiger partial charge in [-0.05, 0) is 89.8 Å². The van der Waals surface area contributed by atoms with Crippen LogP contribution in [0.1, 0.15) is 55.3 Å². The van der Waals surface area contributed by atoms with Gasteiger partial charge in [0.05, 0.1) is 11.6 Å². The number of carbonyl (C=O) groups excluding carboxylic acids is 2. The summed E-state index contributed by atoms with van der Waals surface area (Å²) in [5.74, 6) is -0.245. The van der Waals surface area contributed by atoms with Crippen LogP contribution >= 0.6 is 0 Å². The Bertz CT molecular complexity index is 586. The van der Waals surface area contributed by atoms with E-state index in [9.17, 15) is 9.59 Å². The van der Waals surface area contributed by atoms with Gasteiger partial charge in [0.2, 0.25) is 5.91 Å². The second-order valence-electron chi connectivity index (χ2n) is 7.59. The number of nitrogens with one attached hydrogen (secondary N) is 4. The van der Waals surface area contributed by atoms with Gasteiger partial charge in [0.1, 0.15) is 0 Å². The van der Waals surface area contributed by atoms with E-state index in [4.69, 9.17) is 11.5 Å². The first-order chi connectivity index (χ1) is 15.1. The molecule has 9 heteroatoms. The highest BCUT2D eigenvalue weighted by molar-refractivity contribution is 5.93. The summed E-state index contributed by atoms with van der Waals surface area (Å²) < 4.78 is 0. The van der Waals surface area contributed by atoms with Crippen molar-refractivity contribution >= 4 is 11.8 Å². The maximum Gasteiger partial charge on any atom is 0.252 e. The summed E-state index contributed by atoms with van der Waals surface area (Å²) in [5.41, 5.74) is 11.9. The summed E-state index contributed by atoms with van der Waals surface area (Å²) in [6.45, 7) is 5.82. The van der Waals surface area contributed by atoms with Gasteiger partial charge in [-0.15, -0.1) is 0 Å². The largest absolute Gasteiger partial charge is 0.355 e. The zero-order valence-corrected chi connectivity index (χ0v) is 18.7. The van der Waals surface area contributed by atoms with Crippen LogP contribution in [-0.2, 0) is 4.79 Å². The lowest BCUT2D eigenvalue weighted by Gasteiger charge is -2.12. The molecule has 31 heavy (non-hydrogen) atoms. The lowest BCUT2D eigenvalue weighted by Crippen LogP contribution is -2.41. The van der Waals surface area contributed by atoms with Crippen LogP contribution in [0.4, 0.5) is 0 Å². The Hall–Kier alpha value is -2.07. The molecule has 1 aromatic rings. The summed E-state index contributed by atoms with van der Waals surface area (Å²) in [4.78, 5) is 27.9. The van der Waals surface area contributed by atoms with E-state index < -0.39 is 6.04 Å². The van der Waals surface area contributed by atoms with Gasteiger partial charge >= 0.3 is 0 Å². The molecule has 1 rings (SSSR count). The van der Waals surface area contributed by atoms with Crippen molar-refractivity contribution in [1.29, 1.82) is 0 Å². The van der Waals surface area contributed by atoms with Crippen molar-refractivity contribution in [2.24, 2.45) is 11.5 Å². The van der Waals surface area contributed by atoms with Crippen LogP contribution < -0.4 is 32.7 Å². The molecular formula is C22H41N7O2. The van der Waals surface area contributed by atoms with Crippen LogP contribution in [0, 0.1) is 0 Å². The summed E-state index contributed by atoms with van der Waals surface area (Å²) in [6.07, 6.45) is 9.52. The number of rotatable bonds is 19. The molecule has 0 saturated carbocycles. The van der Waals surface area contributed by atoms with Crippen molar-refractivity contribution in [3.05, 3.63) is 30.1 Å². The zero-order chi connectivity index (χ0) is 22.6. The smallest absolute Gasteiger partial charge is 0.252 e. The molecule has 2 amide bonds. The highest BCUT2D eigenvalue weighted by Gasteiger charge is 2.12. The van der Waals surface area contributed by atoms with Crippen LogP contribution in [-0.4, -0.2) is 68.7 Å². The molecule has 0 fully saturated rings. The Morgan fingerprint density at radius 2 is 1.52 bits per heavy atom. The van der Waals surface area contributed by atoms with E-state index >= 15 is 0 Å². The number of carbonyl (C=O) groups is 2. The average molecular weight is 436 g/mol. The first-order valence-electron chi connectivity index (χ1n) is 11.5. The zero-order valence-electron chi connectivity index (χ0n) is 18.7. The van der Waals surface area contributed by atoms with Gasteiger partial charge in [0.25, 0.3) is 5.91 Å². The van der Waals surface area contributed by atoms with Crippen molar-refractivity contribution < 1.29 is 9.59 Å². The minimum absolute atomic E-state index is 0.108. The Labute approximate surface area is 186 Å². The fraction of sp³-hybridized carbons (Fsp3) is 0.682. The molecule has 0 unspecified atom stereocenters. The topological polar surface area (TPSA) is 147 Å². The Morgan fingerprint density at radius 1 is 0.871 bits per heavy atom. The molecule has 0 aliphatic rings. The SMILES string of the molecule is NCCCNCCCCNCCCNC(=O)[C@@H](N)CCCCNC(=O)c1cccnc1. The van der Waals surface area contributed by atoms with Gasteiger partial charge in [0, 0.05) is 25.5 Å². The minimum Gasteiger partial charge on any atom is -0.355 e. The predicted molar refractivity (Wildman–Crippen MR) is 125 cm³/mol. The first kappa shape index (κ1) is 27.0. The summed E-state index contributed by atoms with van der Waals surface area (Å²) in [5, 5.41) is 12.5. The maximum atomic E-state index is 12.0. The number of nitrogens with zero attached hydrogens (tertiary/aromatic N) is 1. The number of nitrogens with two attached hydrogens (primary N) is 2. The normalized spacial score (nSPS) is 11.8. The van der Waals surface area contributed by atoms with E-state index in [2.05, 4.69) is 26.3 Å². The molecule has 1 heterocycles. The Kier molecular flexibility index (Phi) is 16.2. The van der Waals surface area contributed by atoms with Crippen molar-refractivity contribution in [2.45, 2.75) is 51.0 Å². The molecule has 8 N–H and O–H groups in total. The number of pyridine rings is 1. The maximum absolute atomic E-state index is 12.0. The number of unbranched alkanes of at least 4 members (excludes halogenated alkanes) is 2. The second kappa shape index (κ2) is 18.7. The molecule has 1 atom stereocenters. The minimum atomic E-state index is -0.506. The van der Waals surface area contributed by atoms with Gasteiger partial charge in [-0.25, -0.2) is 0 Å². The summed E-state index contributed by atoms with van der Waals surface area (Å²) in [6, 6.07) is 2.95. The van der Waals surface area contributed by atoms with Crippen molar-refractivity contribution in [3.63, 3.8) is 0 Å². The lowest BCUT2D eigenvalue weighted by atomic mass is 10.1. The standard InChI is InChI=1S/C22H41N7O2/c23-10-6-14-25-11-3-4-12-26-15-7-17-29-22(31)20(24)9-1-2-16-28-21(30)19-8-5-13-27-18-19/h5,8,13,18,20,25-26H,1-4,6-7,9-12,14-17,23-24H2,(H,28,30)(H,29,31)/t20-/m0/s1. The summed E-state index contributed by atoms with van der Waals surface area (Å²) >= 11 is 0. The molecule has 0 bridgehead atoms. The van der Waals surface area contributed by atoms with Crippen molar-refractivity contribution in [1.82, 2.24) is 26.3 Å². The molecule has 0 aliphatic heterocycles. The van der Waals surface area contributed by atoms with Crippen LogP contribution in [0.3, 0.4) is 0 Å². The van der Waals surface area contributed by atoms with E-state index in [1.54, 1.807) is 18.3 Å². The quantitative estimate of drug-likeness (QED) is 0.169. The monoisotopic (exact) mass is 435 g/mol. The number of hydrogen-bond donors (Lipinski definition) is 6. The molecule has 9 nitrogen and oxygen atoms in total. The molecule has 0 radical (unpaired) electrons. The molecule has 1 aromatic heterocycles. The highest BCUT2D eigenvalue weighted by Crippen LogP contribution is 2.00. The predicted octanol–water partition coefficient (Wildman–Crippen LogP) is 0.124. The molecule has 0 saturated heterocycles. The molecular weight excluding hydrogens is 394 g/mol. The third kappa shape index (κ3) is 14.5. The van der Waals surface area contributed by atoms with E-state index in [1.165, 1.54) is 6.20 Å². The van der Waals surface area contributed by atoms with Gasteiger partial charge in [-0.1, -0.05) is 0 Å². The highest BCUT2D eigenvalue weighted by atomic mass is 16.2. The van der Waals surface area contributed by atoms with Gasteiger partial charge in [-0.3, -0.25) is 14.6 Å². The fourth-order valence-corrected chi connectivity index (χ4v) is 2.95. The summed E-state index contributed by atoms with van der Waals surface area (Å²) in [7, 11) is 0. The van der Waals surface area contributed by atoms with Crippen molar-refractivity contribution in [2.75, 3.05) is 45.8 Å². The average Bonchev–Trinajstić information content (AvgIpc) is 2.79. The van der Waals surface area contributed by atoms with Crippen LogP contribution in [0.15, 0.2) is 24.5 Å². The van der Waals surface area contributed by atoms with E-state index in [-0.39, 0.29) is 11.8 Å². The van der Waals surface area contributed by atoms with E-state index in [1.807, 2.05) is 0 Å². The van der Waals surface area contributed by atoms with Gasteiger partial charge < -0.3 is 32.7 Å². The fourth-order valence-electron chi connectivity index (χ4n) is 2.95. The third-order valence-electron chi connectivity index (χ3n) is 4.83. The lowest BCUT2D eigenvalue weighted by molar-refractivity contribution is -0.122. The molecule has 0 spiro atoms.